The standard InChI is InChI=1S/C16H15NO3S/c18-16(19)14-10-21-15(17-14)11-6-8-13(9-7-11)20-12-4-2-1-3-5-12/h1-9,14-15,17H,10H2,(H,18,19). The van der Waals surface area contributed by atoms with Gasteiger partial charge in [0.2, 0.25) is 0 Å². The molecule has 1 aliphatic rings. The van der Waals surface area contributed by atoms with Gasteiger partial charge in [-0.3, -0.25) is 10.1 Å². The van der Waals surface area contributed by atoms with Crippen LogP contribution in [0.3, 0.4) is 0 Å². The molecule has 0 spiro atoms. The van der Waals surface area contributed by atoms with Gasteiger partial charge in [-0.2, -0.15) is 0 Å². The summed E-state index contributed by atoms with van der Waals surface area (Å²) in [4.78, 5) is 10.9. The van der Waals surface area contributed by atoms with E-state index in [4.69, 9.17) is 9.84 Å². The number of hydrogen-bond acceptors (Lipinski definition) is 4. The molecule has 5 heteroatoms. The fraction of sp³-hybridized carbons (Fsp3) is 0.188. The van der Waals surface area contributed by atoms with Crippen molar-refractivity contribution in [3.63, 3.8) is 0 Å². The summed E-state index contributed by atoms with van der Waals surface area (Å²) in [6.07, 6.45) is 0. The number of benzene rings is 2. The number of carbonyl (C=O) groups is 1. The maximum atomic E-state index is 10.9. The van der Waals surface area contributed by atoms with Crippen molar-refractivity contribution in [2.24, 2.45) is 0 Å². The van der Waals surface area contributed by atoms with Crippen molar-refractivity contribution in [3.8, 4) is 11.5 Å². The minimum absolute atomic E-state index is 0.0249. The Labute approximate surface area is 127 Å². The van der Waals surface area contributed by atoms with E-state index in [1.165, 1.54) is 0 Å². The predicted octanol–water partition coefficient (Wildman–Crippen LogP) is 3.27. The first kappa shape index (κ1) is 14.0. The van der Waals surface area contributed by atoms with Gasteiger partial charge in [0.05, 0.1) is 5.37 Å². The first-order chi connectivity index (χ1) is 10.2. The second-order valence-corrected chi connectivity index (χ2v) is 5.89. The van der Waals surface area contributed by atoms with Gasteiger partial charge in [0.15, 0.2) is 0 Å². The summed E-state index contributed by atoms with van der Waals surface area (Å²) in [6.45, 7) is 0. The van der Waals surface area contributed by atoms with E-state index in [1.54, 1.807) is 11.8 Å². The molecule has 0 aromatic heterocycles. The van der Waals surface area contributed by atoms with Crippen molar-refractivity contribution in [3.05, 3.63) is 60.2 Å². The van der Waals surface area contributed by atoms with Crippen molar-refractivity contribution in [1.82, 2.24) is 5.32 Å². The average Bonchev–Trinajstić information content (AvgIpc) is 2.99. The second kappa shape index (κ2) is 6.20. The fourth-order valence-corrected chi connectivity index (χ4v) is 3.38. The van der Waals surface area contributed by atoms with Crippen LogP contribution in [0.15, 0.2) is 54.6 Å². The lowest BCUT2D eigenvalue weighted by Gasteiger charge is -2.12. The third-order valence-corrected chi connectivity index (χ3v) is 4.51. The van der Waals surface area contributed by atoms with E-state index in [-0.39, 0.29) is 5.37 Å². The quantitative estimate of drug-likeness (QED) is 0.907. The molecule has 0 saturated carbocycles. The van der Waals surface area contributed by atoms with Crippen molar-refractivity contribution in [2.45, 2.75) is 11.4 Å². The summed E-state index contributed by atoms with van der Waals surface area (Å²) in [5, 5.41) is 12.1. The molecule has 2 aromatic carbocycles. The summed E-state index contributed by atoms with van der Waals surface area (Å²) in [6, 6.07) is 16.9. The van der Waals surface area contributed by atoms with E-state index in [2.05, 4.69) is 5.32 Å². The van der Waals surface area contributed by atoms with Crippen LogP contribution in [0.5, 0.6) is 11.5 Å². The number of carboxylic acid groups (broad SMARTS) is 1. The number of ether oxygens (including phenoxy) is 1. The molecule has 1 heterocycles. The van der Waals surface area contributed by atoms with Crippen LogP contribution in [0.25, 0.3) is 0 Å². The lowest BCUT2D eigenvalue weighted by atomic mass is 10.2. The highest BCUT2D eigenvalue weighted by Gasteiger charge is 2.30. The SMILES string of the molecule is O=C(O)C1CSC(c2ccc(Oc3ccccc3)cc2)N1. The first-order valence-electron chi connectivity index (χ1n) is 6.66. The van der Waals surface area contributed by atoms with Crippen LogP contribution in [-0.4, -0.2) is 22.9 Å². The molecule has 21 heavy (non-hydrogen) atoms. The van der Waals surface area contributed by atoms with Crippen molar-refractivity contribution < 1.29 is 14.6 Å². The maximum absolute atomic E-state index is 10.9. The van der Waals surface area contributed by atoms with Crippen LogP contribution in [0.4, 0.5) is 0 Å². The van der Waals surface area contributed by atoms with Crippen molar-refractivity contribution in [2.75, 3.05) is 5.75 Å². The Balaban J connectivity index is 1.66. The van der Waals surface area contributed by atoms with Crippen LogP contribution < -0.4 is 10.1 Å². The predicted molar refractivity (Wildman–Crippen MR) is 82.7 cm³/mol. The Morgan fingerprint density at radius 2 is 1.76 bits per heavy atom. The number of nitrogens with one attached hydrogen (secondary N) is 1. The lowest BCUT2D eigenvalue weighted by molar-refractivity contribution is -0.138. The Kier molecular flexibility index (Phi) is 4.13. The van der Waals surface area contributed by atoms with Crippen molar-refractivity contribution in [1.29, 1.82) is 0 Å². The normalized spacial score (nSPS) is 21.1. The van der Waals surface area contributed by atoms with E-state index in [0.717, 1.165) is 17.1 Å². The highest BCUT2D eigenvalue weighted by molar-refractivity contribution is 7.99. The average molecular weight is 301 g/mol. The molecule has 3 rings (SSSR count). The molecule has 1 fully saturated rings. The molecule has 2 aromatic rings. The number of rotatable bonds is 4. The largest absolute Gasteiger partial charge is 0.480 e. The summed E-state index contributed by atoms with van der Waals surface area (Å²) in [5.74, 6) is 1.35. The van der Waals surface area contributed by atoms with Gasteiger partial charge < -0.3 is 9.84 Å². The molecule has 0 aliphatic carbocycles. The van der Waals surface area contributed by atoms with Gasteiger partial charge in [-0.25, -0.2) is 0 Å². The zero-order valence-electron chi connectivity index (χ0n) is 11.2. The van der Waals surface area contributed by atoms with Crippen LogP contribution in [0.1, 0.15) is 10.9 Å². The third-order valence-electron chi connectivity index (χ3n) is 3.24. The Bertz CT molecular complexity index is 615. The summed E-state index contributed by atoms with van der Waals surface area (Å²) in [7, 11) is 0. The summed E-state index contributed by atoms with van der Waals surface area (Å²) < 4.78 is 5.73. The molecule has 0 bridgehead atoms. The van der Waals surface area contributed by atoms with E-state index < -0.39 is 12.0 Å². The molecular weight excluding hydrogens is 286 g/mol. The topological polar surface area (TPSA) is 58.6 Å². The molecule has 4 nitrogen and oxygen atoms in total. The number of para-hydroxylation sites is 1. The maximum Gasteiger partial charge on any atom is 0.321 e. The molecule has 0 radical (unpaired) electrons. The second-order valence-electron chi connectivity index (χ2n) is 4.76. The first-order valence-corrected chi connectivity index (χ1v) is 7.70. The highest BCUT2D eigenvalue weighted by Crippen LogP contribution is 2.34. The molecule has 1 aliphatic heterocycles. The van der Waals surface area contributed by atoms with Crippen LogP contribution in [0, 0.1) is 0 Å². The molecule has 2 unspecified atom stereocenters. The van der Waals surface area contributed by atoms with Gasteiger partial charge in [-0.1, -0.05) is 30.3 Å². The fourth-order valence-electron chi connectivity index (χ4n) is 2.14. The van der Waals surface area contributed by atoms with Crippen LogP contribution in [0.2, 0.25) is 0 Å². The molecule has 1 saturated heterocycles. The smallest absolute Gasteiger partial charge is 0.321 e. The molecule has 2 atom stereocenters. The molecule has 108 valence electrons. The number of carboxylic acids is 1. The minimum Gasteiger partial charge on any atom is -0.480 e. The summed E-state index contributed by atoms with van der Waals surface area (Å²) in [5.41, 5.74) is 1.06. The van der Waals surface area contributed by atoms with Crippen LogP contribution in [-0.2, 0) is 4.79 Å². The number of aliphatic carboxylic acids is 1. The lowest BCUT2D eigenvalue weighted by Crippen LogP contribution is -2.33. The van der Waals surface area contributed by atoms with Crippen LogP contribution >= 0.6 is 11.8 Å². The molecule has 2 N–H and O–H groups in total. The Morgan fingerprint density at radius 3 is 2.38 bits per heavy atom. The summed E-state index contributed by atoms with van der Waals surface area (Å²) >= 11 is 1.61. The van der Waals surface area contributed by atoms with E-state index >= 15 is 0 Å². The minimum atomic E-state index is -0.797. The zero-order chi connectivity index (χ0) is 14.7. The highest BCUT2D eigenvalue weighted by atomic mass is 32.2. The Hall–Kier alpha value is -1.98. The van der Waals surface area contributed by atoms with Crippen molar-refractivity contribution >= 4 is 17.7 Å². The van der Waals surface area contributed by atoms with E-state index in [1.807, 2.05) is 54.6 Å². The van der Waals surface area contributed by atoms with Gasteiger partial charge in [-0.05, 0) is 29.8 Å². The van der Waals surface area contributed by atoms with Gasteiger partial charge >= 0.3 is 5.97 Å². The van der Waals surface area contributed by atoms with E-state index in [0.29, 0.717) is 5.75 Å². The van der Waals surface area contributed by atoms with Gasteiger partial charge in [0.1, 0.15) is 17.5 Å². The van der Waals surface area contributed by atoms with E-state index in [9.17, 15) is 4.79 Å². The van der Waals surface area contributed by atoms with Gasteiger partial charge in [0.25, 0.3) is 0 Å². The number of thioether (sulfide) groups is 1. The third kappa shape index (κ3) is 3.37. The molecular formula is C16H15NO3S. The zero-order valence-corrected chi connectivity index (χ0v) is 12.0. The van der Waals surface area contributed by atoms with Gasteiger partial charge in [-0.15, -0.1) is 11.8 Å². The van der Waals surface area contributed by atoms with Gasteiger partial charge in [0, 0.05) is 5.75 Å². The molecule has 0 amide bonds. The Morgan fingerprint density at radius 1 is 1.10 bits per heavy atom. The number of hydrogen-bond donors (Lipinski definition) is 2. The monoisotopic (exact) mass is 301 g/mol.